The molecule has 1 amide bonds. The largest absolute Gasteiger partial charge is 0.349 e. The van der Waals surface area contributed by atoms with Gasteiger partial charge >= 0.3 is 0 Å². The smallest absolute Gasteiger partial charge is 0.231 e. The second-order valence-electron chi connectivity index (χ2n) is 7.16. The van der Waals surface area contributed by atoms with Crippen LogP contribution < -0.4 is 5.32 Å². The first-order chi connectivity index (χ1) is 12.2. The third kappa shape index (κ3) is 3.51. The number of carbonyl (C=O) groups excluding carboxylic acids is 1. The number of sulfone groups is 1. The zero-order valence-corrected chi connectivity index (χ0v) is 16.1. The molecular formula is C20H24N2O3S. The predicted octanol–water partition coefficient (Wildman–Crippen LogP) is 3.09. The Hall–Kier alpha value is -2.21. The summed E-state index contributed by atoms with van der Waals surface area (Å²) in [5.74, 6) is -0.0102. The van der Waals surface area contributed by atoms with Gasteiger partial charge in [-0.1, -0.05) is 24.6 Å². The van der Waals surface area contributed by atoms with Gasteiger partial charge in [-0.25, -0.2) is 8.42 Å². The van der Waals surface area contributed by atoms with Crippen molar-refractivity contribution in [2.24, 2.45) is 0 Å². The highest BCUT2D eigenvalue weighted by Gasteiger charge is 2.45. The van der Waals surface area contributed by atoms with Crippen LogP contribution in [0.5, 0.6) is 0 Å². The third-order valence-electron chi connectivity index (χ3n) is 5.26. The Morgan fingerprint density at radius 1 is 1.15 bits per heavy atom. The number of amides is 1. The van der Waals surface area contributed by atoms with E-state index in [2.05, 4.69) is 10.3 Å². The average Bonchev–Trinajstić information content (AvgIpc) is 2.54. The van der Waals surface area contributed by atoms with Crippen LogP contribution in [0, 0.1) is 6.92 Å². The van der Waals surface area contributed by atoms with Gasteiger partial charge in [-0.15, -0.1) is 0 Å². The van der Waals surface area contributed by atoms with E-state index in [-0.39, 0.29) is 16.8 Å². The lowest BCUT2D eigenvalue weighted by atomic mass is 9.63. The number of hydrogen-bond donors (Lipinski definition) is 1. The lowest BCUT2D eigenvalue weighted by Gasteiger charge is -2.41. The van der Waals surface area contributed by atoms with Crippen molar-refractivity contribution in [3.8, 4) is 0 Å². The van der Waals surface area contributed by atoms with Crippen molar-refractivity contribution >= 4 is 15.7 Å². The van der Waals surface area contributed by atoms with Gasteiger partial charge in [0.25, 0.3) is 0 Å². The predicted molar refractivity (Wildman–Crippen MR) is 101 cm³/mol. The number of nitrogens with one attached hydrogen (secondary N) is 1. The Bertz CT molecular complexity index is 899. The van der Waals surface area contributed by atoms with Gasteiger partial charge in [0, 0.05) is 18.1 Å². The monoisotopic (exact) mass is 372 g/mol. The number of aryl methyl sites for hydroxylation is 1. The maximum Gasteiger partial charge on any atom is 0.231 e. The molecule has 1 fully saturated rings. The van der Waals surface area contributed by atoms with Crippen LogP contribution in [0.3, 0.4) is 0 Å². The number of hydrogen-bond acceptors (Lipinski definition) is 4. The molecule has 1 heterocycles. The number of aromatic nitrogens is 1. The van der Waals surface area contributed by atoms with Crippen molar-refractivity contribution in [3.63, 3.8) is 0 Å². The lowest BCUT2D eigenvalue weighted by Crippen LogP contribution is -2.49. The van der Waals surface area contributed by atoms with Crippen molar-refractivity contribution in [2.75, 3.05) is 6.26 Å². The Morgan fingerprint density at radius 2 is 1.81 bits per heavy atom. The van der Waals surface area contributed by atoms with Gasteiger partial charge < -0.3 is 5.32 Å². The maximum absolute atomic E-state index is 13.0. The summed E-state index contributed by atoms with van der Waals surface area (Å²) in [4.78, 5) is 17.6. The number of benzene rings is 1. The van der Waals surface area contributed by atoms with Crippen LogP contribution in [-0.2, 0) is 20.0 Å². The van der Waals surface area contributed by atoms with Gasteiger partial charge in [-0.3, -0.25) is 9.78 Å². The molecule has 1 aromatic heterocycles. The van der Waals surface area contributed by atoms with Crippen molar-refractivity contribution in [3.05, 3.63) is 59.4 Å². The van der Waals surface area contributed by atoms with Crippen molar-refractivity contribution in [2.45, 2.75) is 49.5 Å². The van der Waals surface area contributed by atoms with Crippen LogP contribution in [0.1, 0.15) is 49.0 Å². The van der Waals surface area contributed by atoms with Crippen molar-refractivity contribution in [1.29, 1.82) is 0 Å². The molecule has 0 spiro atoms. The van der Waals surface area contributed by atoms with Crippen molar-refractivity contribution in [1.82, 2.24) is 10.3 Å². The van der Waals surface area contributed by atoms with Crippen LogP contribution in [0.2, 0.25) is 0 Å². The highest BCUT2D eigenvalue weighted by molar-refractivity contribution is 7.90. The molecular weight excluding hydrogens is 348 g/mol. The minimum atomic E-state index is -3.24. The van der Waals surface area contributed by atoms with Crippen LogP contribution in [-0.4, -0.2) is 25.6 Å². The Balaban J connectivity index is 1.80. The van der Waals surface area contributed by atoms with E-state index < -0.39 is 15.3 Å². The zero-order valence-electron chi connectivity index (χ0n) is 15.3. The van der Waals surface area contributed by atoms with Gasteiger partial charge in [-0.2, -0.15) is 0 Å². The fourth-order valence-electron chi connectivity index (χ4n) is 3.35. The molecule has 5 nitrogen and oxygen atoms in total. The summed E-state index contributed by atoms with van der Waals surface area (Å²) in [6.45, 7) is 3.87. The molecule has 1 N–H and O–H groups in total. The van der Waals surface area contributed by atoms with E-state index >= 15 is 0 Å². The molecule has 6 heteroatoms. The first-order valence-electron chi connectivity index (χ1n) is 8.76. The number of nitrogens with zero attached hydrogens (tertiary/aromatic N) is 1. The van der Waals surface area contributed by atoms with E-state index in [4.69, 9.17) is 0 Å². The molecule has 138 valence electrons. The molecule has 26 heavy (non-hydrogen) atoms. The van der Waals surface area contributed by atoms with Gasteiger partial charge in [0.15, 0.2) is 9.84 Å². The molecule has 1 atom stereocenters. The topological polar surface area (TPSA) is 76.1 Å². The SMILES string of the molecule is Cc1ccc(C(C)NC(=O)C2(c3ccc(S(C)(=O)=O)cc3)CCC2)cn1. The average molecular weight is 372 g/mol. The van der Waals surface area contributed by atoms with E-state index in [1.165, 1.54) is 6.26 Å². The van der Waals surface area contributed by atoms with Gasteiger partial charge in [-0.05, 0) is 56.0 Å². The Kier molecular flexibility index (Phi) is 4.88. The van der Waals surface area contributed by atoms with Crippen LogP contribution in [0.25, 0.3) is 0 Å². The third-order valence-corrected chi connectivity index (χ3v) is 6.39. The molecule has 0 bridgehead atoms. The second-order valence-corrected chi connectivity index (χ2v) is 9.18. The molecule has 1 aliphatic carbocycles. The van der Waals surface area contributed by atoms with Crippen LogP contribution in [0.4, 0.5) is 0 Å². The Labute approximate surface area is 154 Å². The van der Waals surface area contributed by atoms with Gasteiger partial charge in [0.2, 0.25) is 5.91 Å². The van der Waals surface area contributed by atoms with E-state index in [1.807, 2.05) is 26.0 Å². The molecule has 0 saturated heterocycles. The quantitative estimate of drug-likeness (QED) is 0.875. The molecule has 1 saturated carbocycles. The van der Waals surface area contributed by atoms with E-state index in [0.29, 0.717) is 0 Å². The summed E-state index contributed by atoms with van der Waals surface area (Å²) in [6.07, 6.45) is 5.51. The first-order valence-corrected chi connectivity index (χ1v) is 10.7. The zero-order chi connectivity index (χ0) is 18.9. The van der Waals surface area contributed by atoms with E-state index in [9.17, 15) is 13.2 Å². The fourth-order valence-corrected chi connectivity index (χ4v) is 3.98. The van der Waals surface area contributed by atoms with Gasteiger partial charge in [0.1, 0.15) is 0 Å². The highest BCUT2D eigenvalue weighted by Crippen LogP contribution is 2.44. The normalized spacial score (nSPS) is 17.2. The summed E-state index contributed by atoms with van der Waals surface area (Å²) in [6, 6.07) is 10.5. The standard InChI is InChI=1S/C20H24N2O3S/c1-14-5-6-16(13-21-14)15(2)22-19(23)20(11-4-12-20)17-7-9-18(10-8-17)26(3,24)25/h5-10,13,15H,4,11-12H2,1-3H3,(H,22,23). The van der Waals surface area contributed by atoms with E-state index in [1.54, 1.807) is 30.5 Å². The number of pyridine rings is 1. The molecule has 1 aromatic carbocycles. The molecule has 1 unspecified atom stereocenters. The molecule has 2 aromatic rings. The van der Waals surface area contributed by atoms with Gasteiger partial charge in [0.05, 0.1) is 16.4 Å². The number of carbonyl (C=O) groups is 1. The summed E-state index contributed by atoms with van der Waals surface area (Å²) >= 11 is 0. The summed E-state index contributed by atoms with van der Waals surface area (Å²) in [5, 5.41) is 3.10. The summed E-state index contributed by atoms with van der Waals surface area (Å²) < 4.78 is 23.3. The summed E-state index contributed by atoms with van der Waals surface area (Å²) in [5.41, 5.74) is 2.21. The lowest BCUT2D eigenvalue weighted by molar-refractivity contribution is -0.130. The summed E-state index contributed by atoms with van der Waals surface area (Å²) in [7, 11) is -3.24. The fraction of sp³-hybridized carbons (Fsp3) is 0.400. The Morgan fingerprint density at radius 3 is 2.27 bits per heavy atom. The first kappa shape index (κ1) is 18.6. The minimum absolute atomic E-state index is 0.0102. The van der Waals surface area contributed by atoms with Crippen LogP contribution in [0.15, 0.2) is 47.5 Å². The van der Waals surface area contributed by atoms with E-state index in [0.717, 1.165) is 36.1 Å². The van der Waals surface area contributed by atoms with Crippen LogP contribution >= 0.6 is 0 Å². The molecule has 3 rings (SSSR count). The maximum atomic E-state index is 13.0. The second kappa shape index (κ2) is 6.83. The highest BCUT2D eigenvalue weighted by atomic mass is 32.2. The number of rotatable bonds is 5. The van der Waals surface area contributed by atoms with Crippen molar-refractivity contribution < 1.29 is 13.2 Å². The molecule has 1 aliphatic rings. The molecule has 0 aliphatic heterocycles. The minimum Gasteiger partial charge on any atom is -0.349 e. The molecule has 0 radical (unpaired) electrons.